The molecule has 1 aromatic carbocycles. The SMILES string of the molecule is CN(C(=O)CC1CCC1)c1ccccc1/C(N)=N/O. The van der Waals surface area contributed by atoms with Crippen LogP contribution in [0.15, 0.2) is 29.4 Å². The number of nitrogens with two attached hydrogens (primary N) is 1. The number of amides is 1. The zero-order valence-corrected chi connectivity index (χ0v) is 11.0. The van der Waals surface area contributed by atoms with Crippen molar-refractivity contribution in [2.75, 3.05) is 11.9 Å². The zero-order valence-electron chi connectivity index (χ0n) is 11.0. The molecule has 5 heteroatoms. The second-order valence-corrected chi connectivity index (χ2v) is 4.96. The van der Waals surface area contributed by atoms with Gasteiger partial charge in [-0.3, -0.25) is 4.79 Å². The van der Waals surface area contributed by atoms with E-state index in [2.05, 4.69) is 5.16 Å². The molecule has 2 rings (SSSR count). The fourth-order valence-corrected chi connectivity index (χ4v) is 2.25. The number of benzene rings is 1. The highest BCUT2D eigenvalue weighted by Crippen LogP contribution is 2.30. The van der Waals surface area contributed by atoms with Crippen molar-refractivity contribution in [3.05, 3.63) is 29.8 Å². The van der Waals surface area contributed by atoms with E-state index in [4.69, 9.17) is 10.9 Å². The smallest absolute Gasteiger partial charge is 0.227 e. The Morgan fingerprint density at radius 1 is 1.47 bits per heavy atom. The summed E-state index contributed by atoms with van der Waals surface area (Å²) in [6.07, 6.45) is 4.08. The van der Waals surface area contributed by atoms with Gasteiger partial charge in [0.25, 0.3) is 0 Å². The monoisotopic (exact) mass is 261 g/mol. The third-order valence-corrected chi connectivity index (χ3v) is 3.71. The predicted octanol–water partition coefficient (Wildman–Crippen LogP) is 1.93. The molecule has 0 radical (unpaired) electrons. The highest BCUT2D eigenvalue weighted by molar-refractivity contribution is 6.06. The number of hydrogen-bond donors (Lipinski definition) is 2. The van der Waals surface area contributed by atoms with E-state index >= 15 is 0 Å². The first-order chi connectivity index (χ1) is 9.13. The van der Waals surface area contributed by atoms with Crippen LogP contribution in [0.3, 0.4) is 0 Å². The van der Waals surface area contributed by atoms with Gasteiger partial charge < -0.3 is 15.8 Å². The number of oxime groups is 1. The van der Waals surface area contributed by atoms with Gasteiger partial charge in [0, 0.05) is 19.0 Å². The standard InChI is InChI=1S/C14H19N3O2/c1-17(13(18)9-10-5-4-6-10)12-8-3-2-7-11(12)14(15)16-19/h2-3,7-8,10,19H,4-6,9H2,1H3,(H2,15,16). The van der Waals surface area contributed by atoms with Gasteiger partial charge in [-0.05, 0) is 30.9 Å². The first kappa shape index (κ1) is 13.4. The molecule has 1 aliphatic carbocycles. The Hall–Kier alpha value is -2.04. The Balaban J connectivity index is 2.17. The number of hydrogen-bond acceptors (Lipinski definition) is 3. The molecule has 0 saturated heterocycles. The molecule has 1 aliphatic rings. The lowest BCUT2D eigenvalue weighted by molar-refractivity contribution is -0.119. The van der Waals surface area contributed by atoms with Crippen molar-refractivity contribution in [3.8, 4) is 0 Å². The minimum atomic E-state index is 0.0129. The molecule has 5 nitrogen and oxygen atoms in total. The van der Waals surface area contributed by atoms with Gasteiger partial charge in [-0.15, -0.1) is 0 Å². The van der Waals surface area contributed by atoms with E-state index in [1.165, 1.54) is 6.42 Å². The highest BCUT2D eigenvalue weighted by atomic mass is 16.4. The molecule has 1 amide bonds. The molecule has 0 spiro atoms. The molecule has 3 N–H and O–H groups in total. The summed E-state index contributed by atoms with van der Waals surface area (Å²) in [5.41, 5.74) is 6.87. The molecule has 1 saturated carbocycles. The van der Waals surface area contributed by atoms with Crippen molar-refractivity contribution in [2.24, 2.45) is 16.8 Å². The van der Waals surface area contributed by atoms with Crippen LogP contribution in [-0.4, -0.2) is 24.0 Å². The normalized spacial score (nSPS) is 15.9. The van der Waals surface area contributed by atoms with E-state index in [0.717, 1.165) is 12.8 Å². The van der Waals surface area contributed by atoms with Crippen molar-refractivity contribution in [1.82, 2.24) is 0 Å². The lowest BCUT2D eigenvalue weighted by Crippen LogP contribution is -2.31. The van der Waals surface area contributed by atoms with Crippen LogP contribution in [0.1, 0.15) is 31.2 Å². The molecule has 1 aromatic rings. The third kappa shape index (κ3) is 2.86. The molecule has 0 atom stereocenters. The van der Waals surface area contributed by atoms with E-state index in [1.54, 1.807) is 30.1 Å². The lowest BCUT2D eigenvalue weighted by atomic mass is 9.82. The van der Waals surface area contributed by atoms with Gasteiger partial charge >= 0.3 is 0 Å². The average Bonchev–Trinajstić information content (AvgIpc) is 2.40. The molecular weight excluding hydrogens is 242 g/mol. The first-order valence-corrected chi connectivity index (χ1v) is 6.47. The molecule has 0 unspecified atom stereocenters. The van der Waals surface area contributed by atoms with Crippen LogP contribution in [0.25, 0.3) is 0 Å². The van der Waals surface area contributed by atoms with Crippen LogP contribution in [0.2, 0.25) is 0 Å². The molecule has 102 valence electrons. The van der Waals surface area contributed by atoms with E-state index in [1.807, 2.05) is 6.07 Å². The highest BCUT2D eigenvalue weighted by Gasteiger charge is 2.24. The quantitative estimate of drug-likeness (QED) is 0.376. The van der Waals surface area contributed by atoms with E-state index in [0.29, 0.717) is 23.6 Å². The van der Waals surface area contributed by atoms with Crippen LogP contribution < -0.4 is 10.6 Å². The van der Waals surface area contributed by atoms with Crippen LogP contribution >= 0.6 is 0 Å². The minimum Gasteiger partial charge on any atom is -0.409 e. The summed E-state index contributed by atoms with van der Waals surface area (Å²) >= 11 is 0. The van der Waals surface area contributed by atoms with Crippen LogP contribution in [0.5, 0.6) is 0 Å². The molecule has 19 heavy (non-hydrogen) atoms. The number of nitrogens with zero attached hydrogens (tertiary/aromatic N) is 2. The van der Waals surface area contributed by atoms with Gasteiger partial charge in [-0.2, -0.15) is 0 Å². The maximum atomic E-state index is 12.2. The number of para-hydroxylation sites is 1. The van der Waals surface area contributed by atoms with Crippen LogP contribution in [0, 0.1) is 5.92 Å². The van der Waals surface area contributed by atoms with Crippen molar-refractivity contribution in [2.45, 2.75) is 25.7 Å². The van der Waals surface area contributed by atoms with Crippen LogP contribution in [-0.2, 0) is 4.79 Å². The van der Waals surface area contributed by atoms with Crippen molar-refractivity contribution in [1.29, 1.82) is 0 Å². The van der Waals surface area contributed by atoms with E-state index in [-0.39, 0.29) is 11.7 Å². The van der Waals surface area contributed by atoms with Crippen molar-refractivity contribution < 1.29 is 10.0 Å². The number of anilines is 1. The molecule has 0 bridgehead atoms. The fraction of sp³-hybridized carbons (Fsp3) is 0.429. The van der Waals surface area contributed by atoms with Gasteiger partial charge in [0.05, 0.1) is 5.69 Å². The number of amidine groups is 1. The van der Waals surface area contributed by atoms with Gasteiger partial charge in [0.1, 0.15) is 0 Å². The van der Waals surface area contributed by atoms with E-state index < -0.39 is 0 Å². The third-order valence-electron chi connectivity index (χ3n) is 3.71. The maximum absolute atomic E-state index is 12.2. The Morgan fingerprint density at radius 2 is 2.16 bits per heavy atom. The Morgan fingerprint density at radius 3 is 2.74 bits per heavy atom. The number of carbonyl (C=O) groups is 1. The molecule has 0 aromatic heterocycles. The second-order valence-electron chi connectivity index (χ2n) is 4.96. The Kier molecular flexibility index (Phi) is 4.04. The Bertz CT molecular complexity index is 495. The van der Waals surface area contributed by atoms with Crippen molar-refractivity contribution in [3.63, 3.8) is 0 Å². The molecule has 0 aliphatic heterocycles. The second kappa shape index (κ2) is 5.73. The summed E-state index contributed by atoms with van der Waals surface area (Å²) in [7, 11) is 1.73. The largest absolute Gasteiger partial charge is 0.409 e. The zero-order chi connectivity index (χ0) is 13.8. The van der Waals surface area contributed by atoms with Gasteiger partial charge in [-0.1, -0.05) is 23.7 Å². The summed E-state index contributed by atoms with van der Waals surface area (Å²) in [5.74, 6) is 0.604. The van der Waals surface area contributed by atoms with E-state index in [9.17, 15) is 4.79 Å². The summed E-state index contributed by atoms with van der Waals surface area (Å²) in [6, 6.07) is 7.15. The summed E-state index contributed by atoms with van der Waals surface area (Å²) < 4.78 is 0. The summed E-state index contributed by atoms with van der Waals surface area (Å²) in [6.45, 7) is 0. The van der Waals surface area contributed by atoms with Gasteiger partial charge in [-0.25, -0.2) is 0 Å². The predicted molar refractivity (Wildman–Crippen MR) is 74.3 cm³/mol. The fourth-order valence-electron chi connectivity index (χ4n) is 2.25. The molecular formula is C14H19N3O2. The molecule has 0 heterocycles. The minimum absolute atomic E-state index is 0.0129. The Labute approximate surface area is 112 Å². The number of rotatable bonds is 4. The number of carbonyl (C=O) groups excluding carboxylic acids is 1. The summed E-state index contributed by atoms with van der Waals surface area (Å²) in [4.78, 5) is 13.8. The first-order valence-electron chi connectivity index (χ1n) is 6.47. The average molecular weight is 261 g/mol. The van der Waals surface area contributed by atoms with Crippen molar-refractivity contribution >= 4 is 17.4 Å². The molecule has 1 fully saturated rings. The van der Waals surface area contributed by atoms with Crippen LogP contribution in [0.4, 0.5) is 5.69 Å². The maximum Gasteiger partial charge on any atom is 0.227 e. The summed E-state index contributed by atoms with van der Waals surface area (Å²) in [5, 5.41) is 11.8. The van der Waals surface area contributed by atoms with Gasteiger partial charge in [0.2, 0.25) is 5.91 Å². The lowest BCUT2D eigenvalue weighted by Gasteiger charge is -2.27. The van der Waals surface area contributed by atoms with Gasteiger partial charge in [0.15, 0.2) is 5.84 Å². The topological polar surface area (TPSA) is 78.9 Å².